The van der Waals surface area contributed by atoms with E-state index in [2.05, 4.69) is 10.3 Å². The van der Waals surface area contributed by atoms with Crippen LogP contribution in [-0.4, -0.2) is 15.0 Å². The van der Waals surface area contributed by atoms with Crippen LogP contribution in [0.1, 0.15) is 31.0 Å². The molecule has 0 aliphatic heterocycles. The minimum absolute atomic E-state index is 0. The van der Waals surface area contributed by atoms with E-state index in [4.69, 9.17) is 5.73 Å². The number of aromatic nitrogens is 3. The van der Waals surface area contributed by atoms with Crippen LogP contribution in [0.25, 0.3) is 0 Å². The van der Waals surface area contributed by atoms with Crippen LogP contribution in [0.5, 0.6) is 0 Å². The molecule has 0 radical (unpaired) electrons. The van der Waals surface area contributed by atoms with E-state index in [1.807, 2.05) is 10.9 Å². The fraction of sp³-hybridized carbons (Fsp3) is 0.714. The van der Waals surface area contributed by atoms with Gasteiger partial charge in [-0.1, -0.05) is 5.21 Å². The second kappa shape index (κ2) is 5.42. The van der Waals surface area contributed by atoms with Gasteiger partial charge in [-0.25, -0.2) is 4.68 Å². The van der Waals surface area contributed by atoms with Crippen LogP contribution < -0.4 is 5.73 Å². The largest absolute Gasteiger partial charge is 0.325 e. The third-order valence-corrected chi connectivity index (χ3v) is 2.22. The molecule has 0 spiro atoms. The maximum Gasteiger partial charge on any atom is 0.0962 e. The van der Waals surface area contributed by atoms with Crippen molar-refractivity contribution in [3.05, 3.63) is 11.9 Å². The monoisotopic (exact) mass is 224 g/mol. The lowest BCUT2D eigenvalue weighted by molar-refractivity contribution is 0.284. The summed E-state index contributed by atoms with van der Waals surface area (Å²) in [5.41, 5.74) is 6.29. The van der Waals surface area contributed by atoms with Crippen LogP contribution >= 0.6 is 24.8 Å². The maximum atomic E-state index is 5.41. The first-order valence-corrected chi connectivity index (χ1v) is 4.01. The summed E-state index contributed by atoms with van der Waals surface area (Å²) >= 11 is 0. The standard InChI is InChI=1S/C7H12N4.2ClH/c8-4-6-5-11(10-9-6)7-2-1-3-7;;/h5,7H,1-4,8H2;2*1H. The molecule has 0 atom stereocenters. The van der Waals surface area contributed by atoms with Gasteiger partial charge in [0, 0.05) is 6.54 Å². The smallest absolute Gasteiger partial charge is 0.0962 e. The molecule has 1 aromatic rings. The first-order chi connectivity index (χ1) is 5.40. The molecule has 1 fully saturated rings. The van der Waals surface area contributed by atoms with Gasteiger partial charge in [0.15, 0.2) is 0 Å². The van der Waals surface area contributed by atoms with Gasteiger partial charge < -0.3 is 5.73 Å². The highest BCUT2D eigenvalue weighted by Gasteiger charge is 2.20. The summed E-state index contributed by atoms with van der Waals surface area (Å²) in [5.74, 6) is 0. The maximum absolute atomic E-state index is 5.41. The Labute approximate surface area is 89.7 Å². The van der Waals surface area contributed by atoms with Crippen LogP contribution in [0, 0.1) is 0 Å². The van der Waals surface area contributed by atoms with E-state index in [0.29, 0.717) is 12.6 Å². The van der Waals surface area contributed by atoms with Gasteiger partial charge >= 0.3 is 0 Å². The average molecular weight is 225 g/mol. The Hall–Kier alpha value is -0.320. The summed E-state index contributed by atoms with van der Waals surface area (Å²) in [7, 11) is 0. The summed E-state index contributed by atoms with van der Waals surface area (Å²) in [6, 6.07) is 0.600. The molecule has 76 valence electrons. The Bertz CT molecular complexity index is 246. The third-order valence-electron chi connectivity index (χ3n) is 2.22. The van der Waals surface area contributed by atoms with Gasteiger partial charge in [-0.05, 0) is 19.3 Å². The summed E-state index contributed by atoms with van der Waals surface area (Å²) < 4.78 is 1.94. The number of hydrogen-bond donors (Lipinski definition) is 1. The molecule has 0 aromatic carbocycles. The zero-order valence-electron chi connectivity index (χ0n) is 7.22. The predicted octanol–water partition coefficient (Wildman–Crippen LogP) is 1.31. The van der Waals surface area contributed by atoms with Gasteiger partial charge in [0.05, 0.1) is 17.9 Å². The van der Waals surface area contributed by atoms with Crippen molar-refractivity contribution in [2.45, 2.75) is 31.8 Å². The third kappa shape index (κ3) is 2.56. The van der Waals surface area contributed by atoms with Gasteiger partial charge in [0.25, 0.3) is 0 Å². The molecule has 13 heavy (non-hydrogen) atoms. The van der Waals surface area contributed by atoms with E-state index in [1.54, 1.807) is 0 Å². The lowest BCUT2D eigenvalue weighted by Gasteiger charge is -2.24. The first kappa shape index (κ1) is 12.7. The van der Waals surface area contributed by atoms with Gasteiger partial charge in [-0.15, -0.1) is 29.9 Å². The van der Waals surface area contributed by atoms with Crippen molar-refractivity contribution < 1.29 is 0 Å². The van der Waals surface area contributed by atoms with Gasteiger partial charge in [0.2, 0.25) is 0 Å². The van der Waals surface area contributed by atoms with Crippen LogP contribution in [0.3, 0.4) is 0 Å². The van der Waals surface area contributed by atoms with E-state index < -0.39 is 0 Å². The van der Waals surface area contributed by atoms with Crippen LogP contribution in [0.4, 0.5) is 0 Å². The summed E-state index contributed by atoms with van der Waals surface area (Å²) in [6.45, 7) is 0.493. The topological polar surface area (TPSA) is 56.7 Å². The van der Waals surface area contributed by atoms with Gasteiger partial charge in [-0.3, -0.25) is 0 Å². The highest BCUT2D eigenvalue weighted by Crippen LogP contribution is 2.30. The number of nitrogens with zero attached hydrogens (tertiary/aromatic N) is 3. The Kier molecular flexibility index (Phi) is 5.29. The van der Waals surface area contributed by atoms with Crippen molar-refractivity contribution >= 4 is 24.8 Å². The molecular weight excluding hydrogens is 211 g/mol. The van der Waals surface area contributed by atoms with E-state index in [1.165, 1.54) is 19.3 Å². The lowest BCUT2D eigenvalue weighted by Crippen LogP contribution is -2.17. The van der Waals surface area contributed by atoms with Gasteiger partial charge in [0.1, 0.15) is 0 Å². The number of nitrogens with two attached hydrogens (primary N) is 1. The Morgan fingerprint density at radius 3 is 2.54 bits per heavy atom. The Morgan fingerprint density at radius 2 is 2.15 bits per heavy atom. The zero-order chi connectivity index (χ0) is 7.68. The van der Waals surface area contributed by atoms with Crippen molar-refractivity contribution in [1.29, 1.82) is 0 Å². The molecule has 0 unspecified atom stereocenters. The highest BCUT2D eigenvalue weighted by molar-refractivity contribution is 5.85. The fourth-order valence-electron chi connectivity index (χ4n) is 1.24. The minimum Gasteiger partial charge on any atom is -0.325 e. The van der Waals surface area contributed by atoms with E-state index in [-0.39, 0.29) is 24.8 Å². The molecule has 2 rings (SSSR count). The summed E-state index contributed by atoms with van der Waals surface area (Å²) in [5, 5.41) is 7.92. The number of rotatable bonds is 2. The molecule has 1 aliphatic carbocycles. The number of halogens is 2. The van der Waals surface area contributed by atoms with Crippen molar-refractivity contribution in [2.75, 3.05) is 0 Å². The first-order valence-electron chi connectivity index (χ1n) is 4.01. The molecule has 1 aliphatic rings. The van der Waals surface area contributed by atoms with Crippen molar-refractivity contribution in [3.63, 3.8) is 0 Å². The second-order valence-corrected chi connectivity index (χ2v) is 2.98. The minimum atomic E-state index is 0. The Balaban J connectivity index is 0.000000720. The second-order valence-electron chi connectivity index (χ2n) is 2.98. The molecule has 1 aromatic heterocycles. The van der Waals surface area contributed by atoms with Crippen molar-refractivity contribution in [3.8, 4) is 0 Å². The van der Waals surface area contributed by atoms with Crippen molar-refractivity contribution in [2.24, 2.45) is 5.73 Å². The summed E-state index contributed by atoms with van der Waals surface area (Å²) in [4.78, 5) is 0. The average Bonchev–Trinajstić information content (AvgIpc) is 2.32. The van der Waals surface area contributed by atoms with E-state index >= 15 is 0 Å². The summed E-state index contributed by atoms with van der Waals surface area (Å²) in [6.07, 6.45) is 5.76. The molecule has 0 amide bonds. The predicted molar refractivity (Wildman–Crippen MR) is 55.3 cm³/mol. The molecule has 0 bridgehead atoms. The SMILES string of the molecule is Cl.Cl.NCc1cn(C2CCC2)nn1. The number of hydrogen-bond acceptors (Lipinski definition) is 3. The molecular formula is C7H14Cl2N4. The van der Waals surface area contributed by atoms with E-state index in [9.17, 15) is 0 Å². The Morgan fingerprint density at radius 1 is 1.46 bits per heavy atom. The molecule has 1 saturated carbocycles. The van der Waals surface area contributed by atoms with E-state index in [0.717, 1.165) is 5.69 Å². The molecule has 2 N–H and O–H groups in total. The normalized spacial score (nSPS) is 15.5. The van der Waals surface area contributed by atoms with Crippen molar-refractivity contribution in [1.82, 2.24) is 15.0 Å². The fourth-order valence-corrected chi connectivity index (χ4v) is 1.24. The molecule has 1 heterocycles. The lowest BCUT2D eigenvalue weighted by atomic mass is 9.93. The molecule has 0 saturated heterocycles. The van der Waals surface area contributed by atoms with Crippen LogP contribution in [0.15, 0.2) is 6.20 Å². The molecule has 4 nitrogen and oxygen atoms in total. The molecule has 6 heteroatoms. The van der Waals surface area contributed by atoms with Crippen LogP contribution in [-0.2, 0) is 6.54 Å². The highest BCUT2D eigenvalue weighted by atomic mass is 35.5. The van der Waals surface area contributed by atoms with Gasteiger partial charge in [-0.2, -0.15) is 0 Å². The van der Waals surface area contributed by atoms with Crippen LogP contribution in [0.2, 0.25) is 0 Å². The quantitative estimate of drug-likeness (QED) is 0.825. The zero-order valence-corrected chi connectivity index (χ0v) is 8.85.